The van der Waals surface area contributed by atoms with Crippen molar-refractivity contribution in [2.75, 3.05) is 26.2 Å². The first-order chi connectivity index (χ1) is 12.2. The Kier molecular flexibility index (Phi) is 5.83. The van der Waals surface area contributed by atoms with E-state index in [4.69, 9.17) is 0 Å². The van der Waals surface area contributed by atoms with Gasteiger partial charge in [0.2, 0.25) is 0 Å². The van der Waals surface area contributed by atoms with E-state index in [1.807, 2.05) is 31.2 Å². The summed E-state index contributed by atoms with van der Waals surface area (Å²) in [5, 5.41) is 19.4. The lowest BCUT2D eigenvalue weighted by atomic mass is 10.0. The molecule has 1 aromatic heterocycles. The summed E-state index contributed by atoms with van der Waals surface area (Å²) in [7, 11) is 0. The van der Waals surface area contributed by atoms with Crippen LogP contribution in [0.15, 0.2) is 30.3 Å². The molecule has 134 valence electrons. The van der Waals surface area contributed by atoms with Gasteiger partial charge in [0.25, 0.3) is 5.91 Å². The molecule has 3 N–H and O–H groups in total. The molecule has 2 aromatic rings. The van der Waals surface area contributed by atoms with Gasteiger partial charge < -0.3 is 10.4 Å². The number of aliphatic hydroxyl groups excluding tert-OH is 1. The first kappa shape index (κ1) is 17.6. The molecular weight excluding hydrogens is 316 g/mol. The third kappa shape index (κ3) is 4.46. The molecule has 0 saturated carbocycles. The Morgan fingerprint density at radius 1 is 1.36 bits per heavy atom. The van der Waals surface area contributed by atoms with E-state index >= 15 is 0 Å². The summed E-state index contributed by atoms with van der Waals surface area (Å²) in [5.74, 6) is -0.150. The molecular formula is C19H26N4O2. The number of amides is 1. The number of rotatable bonds is 6. The van der Waals surface area contributed by atoms with Crippen molar-refractivity contribution in [2.45, 2.75) is 32.2 Å². The summed E-state index contributed by atoms with van der Waals surface area (Å²) in [5.41, 5.74) is 3.41. The number of H-pyrrole nitrogens is 1. The van der Waals surface area contributed by atoms with E-state index in [-0.39, 0.29) is 18.6 Å². The van der Waals surface area contributed by atoms with Gasteiger partial charge in [-0.25, -0.2) is 0 Å². The van der Waals surface area contributed by atoms with Crippen molar-refractivity contribution < 1.29 is 9.90 Å². The van der Waals surface area contributed by atoms with E-state index < -0.39 is 0 Å². The summed E-state index contributed by atoms with van der Waals surface area (Å²) >= 11 is 0. The SMILES string of the molecule is Cc1ccc(-c2cc(C(=O)NCCN3CCCC[C@@H]3CO)[nH]n2)cc1. The van der Waals surface area contributed by atoms with Crippen LogP contribution in [0.3, 0.4) is 0 Å². The molecule has 0 aliphatic carbocycles. The number of aromatic nitrogens is 2. The molecule has 6 heteroatoms. The quantitative estimate of drug-likeness (QED) is 0.750. The van der Waals surface area contributed by atoms with Crippen LogP contribution in [0.2, 0.25) is 0 Å². The lowest BCUT2D eigenvalue weighted by molar-refractivity contribution is 0.0847. The second-order valence-electron chi connectivity index (χ2n) is 6.66. The van der Waals surface area contributed by atoms with Crippen LogP contribution in [0.1, 0.15) is 35.3 Å². The average Bonchev–Trinajstić information content (AvgIpc) is 3.13. The number of piperidine rings is 1. The van der Waals surface area contributed by atoms with E-state index in [0.717, 1.165) is 37.2 Å². The molecule has 0 unspecified atom stereocenters. The number of nitrogens with one attached hydrogen (secondary N) is 2. The van der Waals surface area contributed by atoms with E-state index in [1.54, 1.807) is 6.07 Å². The highest BCUT2D eigenvalue weighted by atomic mass is 16.3. The normalized spacial score (nSPS) is 18.2. The lowest BCUT2D eigenvalue weighted by Crippen LogP contribution is -2.45. The fraction of sp³-hybridized carbons (Fsp3) is 0.474. The number of benzene rings is 1. The molecule has 1 saturated heterocycles. The Labute approximate surface area is 148 Å². The Balaban J connectivity index is 1.52. The zero-order valence-electron chi connectivity index (χ0n) is 14.7. The Morgan fingerprint density at radius 3 is 2.92 bits per heavy atom. The number of aryl methyl sites for hydroxylation is 1. The Bertz CT molecular complexity index is 696. The predicted molar refractivity (Wildman–Crippen MR) is 97.4 cm³/mol. The predicted octanol–water partition coefficient (Wildman–Crippen LogP) is 1.96. The molecule has 1 aromatic carbocycles. The van der Waals surface area contributed by atoms with Crippen molar-refractivity contribution in [1.82, 2.24) is 20.4 Å². The maximum Gasteiger partial charge on any atom is 0.269 e. The third-order valence-corrected chi connectivity index (χ3v) is 4.81. The van der Waals surface area contributed by atoms with Crippen molar-refractivity contribution in [3.8, 4) is 11.3 Å². The van der Waals surface area contributed by atoms with Crippen molar-refractivity contribution in [2.24, 2.45) is 0 Å². The standard InChI is InChI=1S/C19H26N4O2/c1-14-5-7-15(8-6-14)17-12-18(22-21-17)19(25)20-9-11-23-10-3-2-4-16(23)13-24/h5-8,12,16,24H,2-4,9-11,13H2,1H3,(H,20,25)(H,21,22)/t16-/m1/s1. The zero-order chi connectivity index (χ0) is 17.6. The second kappa shape index (κ2) is 8.27. The highest BCUT2D eigenvalue weighted by Crippen LogP contribution is 2.18. The van der Waals surface area contributed by atoms with E-state index in [1.165, 1.54) is 12.0 Å². The molecule has 0 bridgehead atoms. The topological polar surface area (TPSA) is 81.3 Å². The molecule has 1 fully saturated rings. The van der Waals surface area contributed by atoms with Crippen molar-refractivity contribution in [1.29, 1.82) is 0 Å². The van der Waals surface area contributed by atoms with Gasteiger partial charge in [-0.1, -0.05) is 36.2 Å². The number of hydrogen-bond donors (Lipinski definition) is 3. The van der Waals surface area contributed by atoms with Crippen molar-refractivity contribution in [3.63, 3.8) is 0 Å². The van der Waals surface area contributed by atoms with Crippen LogP contribution in [0.4, 0.5) is 0 Å². The monoisotopic (exact) mass is 342 g/mol. The highest BCUT2D eigenvalue weighted by molar-refractivity contribution is 5.93. The van der Waals surface area contributed by atoms with Gasteiger partial charge in [-0.3, -0.25) is 14.8 Å². The van der Waals surface area contributed by atoms with Gasteiger partial charge >= 0.3 is 0 Å². The van der Waals surface area contributed by atoms with Crippen molar-refractivity contribution >= 4 is 5.91 Å². The lowest BCUT2D eigenvalue weighted by Gasteiger charge is -2.34. The van der Waals surface area contributed by atoms with Gasteiger partial charge in [0, 0.05) is 24.7 Å². The smallest absolute Gasteiger partial charge is 0.269 e. The zero-order valence-corrected chi connectivity index (χ0v) is 14.7. The molecule has 0 spiro atoms. The van der Waals surface area contributed by atoms with E-state index in [9.17, 15) is 9.90 Å². The molecule has 0 radical (unpaired) electrons. The first-order valence-electron chi connectivity index (χ1n) is 8.93. The van der Waals surface area contributed by atoms with Crippen LogP contribution < -0.4 is 5.32 Å². The maximum atomic E-state index is 12.3. The van der Waals surface area contributed by atoms with Crippen molar-refractivity contribution in [3.05, 3.63) is 41.6 Å². The van der Waals surface area contributed by atoms with Gasteiger partial charge in [0.15, 0.2) is 0 Å². The van der Waals surface area contributed by atoms with Crippen LogP contribution in [0.25, 0.3) is 11.3 Å². The number of hydrogen-bond acceptors (Lipinski definition) is 4. The van der Waals surface area contributed by atoms with E-state index in [0.29, 0.717) is 12.2 Å². The van der Waals surface area contributed by atoms with Crippen LogP contribution in [0.5, 0.6) is 0 Å². The molecule has 6 nitrogen and oxygen atoms in total. The number of nitrogens with zero attached hydrogens (tertiary/aromatic N) is 2. The fourth-order valence-electron chi connectivity index (χ4n) is 3.28. The number of carbonyl (C=O) groups excluding carboxylic acids is 1. The molecule has 3 rings (SSSR count). The van der Waals surface area contributed by atoms with Gasteiger partial charge in [0.1, 0.15) is 5.69 Å². The largest absolute Gasteiger partial charge is 0.395 e. The summed E-state index contributed by atoms with van der Waals surface area (Å²) in [6.07, 6.45) is 3.36. The van der Waals surface area contributed by atoms with Gasteiger partial charge in [-0.05, 0) is 32.4 Å². The number of aliphatic hydroxyl groups is 1. The second-order valence-corrected chi connectivity index (χ2v) is 6.66. The van der Waals surface area contributed by atoms with Crippen LogP contribution >= 0.6 is 0 Å². The van der Waals surface area contributed by atoms with Crippen LogP contribution in [-0.4, -0.2) is 58.4 Å². The molecule has 25 heavy (non-hydrogen) atoms. The van der Waals surface area contributed by atoms with Crippen LogP contribution in [0, 0.1) is 6.92 Å². The minimum Gasteiger partial charge on any atom is -0.395 e. The third-order valence-electron chi connectivity index (χ3n) is 4.81. The Hall–Kier alpha value is -2.18. The minimum atomic E-state index is -0.150. The maximum absolute atomic E-state index is 12.3. The summed E-state index contributed by atoms with van der Waals surface area (Å²) in [6, 6.07) is 10.1. The number of carbonyl (C=O) groups is 1. The molecule has 1 aliphatic heterocycles. The molecule has 1 atom stereocenters. The summed E-state index contributed by atoms with van der Waals surface area (Å²) < 4.78 is 0. The number of likely N-dealkylation sites (tertiary alicyclic amines) is 1. The fourth-order valence-corrected chi connectivity index (χ4v) is 3.28. The highest BCUT2D eigenvalue weighted by Gasteiger charge is 2.21. The van der Waals surface area contributed by atoms with Crippen LogP contribution in [-0.2, 0) is 0 Å². The number of aromatic amines is 1. The molecule has 1 aliphatic rings. The van der Waals surface area contributed by atoms with Gasteiger partial charge in [0.05, 0.1) is 12.3 Å². The Morgan fingerprint density at radius 2 is 2.16 bits per heavy atom. The minimum absolute atomic E-state index is 0.150. The average molecular weight is 342 g/mol. The van der Waals surface area contributed by atoms with Gasteiger partial charge in [-0.15, -0.1) is 0 Å². The first-order valence-corrected chi connectivity index (χ1v) is 8.93. The molecule has 2 heterocycles. The summed E-state index contributed by atoms with van der Waals surface area (Å²) in [4.78, 5) is 14.5. The van der Waals surface area contributed by atoms with E-state index in [2.05, 4.69) is 20.4 Å². The molecule has 1 amide bonds. The van der Waals surface area contributed by atoms with Gasteiger partial charge in [-0.2, -0.15) is 5.10 Å². The summed E-state index contributed by atoms with van der Waals surface area (Å²) in [6.45, 7) is 4.54.